The van der Waals surface area contributed by atoms with E-state index in [-0.39, 0.29) is 0 Å². The number of alkyl halides is 3. The van der Waals surface area contributed by atoms with Gasteiger partial charge in [-0.25, -0.2) is 4.98 Å². The van der Waals surface area contributed by atoms with Crippen molar-refractivity contribution in [1.29, 1.82) is 0 Å². The molecule has 0 bridgehead atoms. The average molecular weight is 299 g/mol. The molecule has 0 amide bonds. The molecule has 21 heavy (non-hydrogen) atoms. The number of aromatic nitrogens is 1. The van der Waals surface area contributed by atoms with E-state index in [1.807, 2.05) is 0 Å². The van der Waals surface area contributed by atoms with E-state index in [0.717, 1.165) is 50.7 Å². The van der Waals surface area contributed by atoms with Crippen LogP contribution in [0, 0.1) is 5.92 Å². The van der Waals surface area contributed by atoms with Crippen LogP contribution in [0.2, 0.25) is 0 Å². The molecule has 0 radical (unpaired) electrons. The largest absolute Gasteiger partial charge is 0.417 e. The number of nitrogens with zero attached hydrogens (tertiary/aromatic N) is 2. The van der Waals surface area contributed by atoms with Crippen molar-refractivity contribution < 1.29 is 13.2 Å². The molecule has 0 atom stereocenters. The fraction of sp³-hybridized carbons (Fsp3) is 0.667. The molecular weight excluding hydrogens is 279 g/mol. The maximum atomic E-state index is 12.5. The van der Waals surface area contributed by atoms with Crippen LogP contribution in [0.5, 0.6) is 0 Å². The van der Waals surface area contributed by atoms with Gasteiger partial charge in [-0.3, -0.25) is 0 Å². The van der Waals surface area contributed by atoms with Gasteiger partial charge in [0.1, 0.15) is 5.82 Å². The van der Waals surface area contributed by atoms with Gasteiger partial charge in [0.2, 0.25) is 0 Å². The smallest absolute Gasteiger partial charge is 0.357 e. The lowest BCUT2D eigenvalue weighted by atomic mass is 10.0. The van der Waals surface area contributed by atoms with Crippen LogP contribution in [-0.2, 0) is 6.18 Å². The van der Waals surface area contributed by atoms with E-state index in [4.69, 9.17) is 0 Å². The first-order valence-corrected chi connectivity index (χ1v) is 7.54. The first kappa shape index (κ1) is 14.6. The molecule has 1 N–H and O–H groups in total. The fourth-order valence-corrected chi connectivity index (χ4v) is 2.71. The van der Waals surface area contributed by atoms with Gasteiger partial charge in [-0.2, -0.15) is 13.2 Å². The summed E-state index contributed by atoms with van der Waals surface area (Å²) in [4.78, 5) is 6.03. The molecular formula is C15H20F3N3. The van der Waals surface area contributed by atoms with Crippen LogP contribution >= 0.6 is 0 Å². The van der Waals surface area contributed by atoms with E-state index in [1.54, 1.807) is 0 Å². The van der Waals surface area contributed by atoms with Crippen LogP contribution < -0.4 is 10.2 Å². The number of pyridine rings is 1. The SMILES string of the molecule is FC(F)(F)c1ccc(N2CCC(NCC3CC3)CC2)nc1. The minimum atomic E-state index is -4.31. The maximum Gasteiger partial charge on any atom is 0.417 e. The van der Waals surface area contributed by atoms with Gasteiger partial charge in [-0.1, -0.05) is 0 Å². The lowest BCUT2D eigenvalue weighted by molar-refractivity contribution is -0.137. The van der Waals surface area contributed by atoms with Crippen LogP contribution in [0.1, 0.15) is 31.2 Å². The highest BCUT2D eigenvalue weighted by Gasteiger charge is 2.31. The van der Waals surface area contributed by atoms with Gasteiger partial charge in [0, 0.05) is 25.3 Å². The highest BCUT2D eigenvalue weighted by molar-refractivity contribution is 5.40. The normalized spacial score (nSPS) is 20.8. The van der Waals surface area contributed by atoms with Gasteiger partial charge in [0.05, 0.1) is 5.56 Å². The van der Waals surface area contributed by atoms with Crippen LogP contribution in [0.4, 0.5) is 19.0 Å². The highest BCUT2D eigenvalue weighted by Crippen LogP contribution is 2.30. The summed E-state index contributed by atoms with van der Waals surface area (Å²) in [5.41, 5.74) is -0.688. The predicted octanol–water partition coefficient (Wildman–Crippen LogP) is 3.07. The Morgan fingerprint density at radius 2 is 1.86 bits per heavy atom. The van der Waals surface area contributed by atoms with Crippen molar-refractivity contribution >= 4 is 5.82 Å². The topological polar surface area (TPSA) is 28.2 Å². The van der Waals surface area contributed by atoms with Crippen LogP contribution in [0.15, 0.2) is 18.3 Å². The van der Waals surface area contributed by atoms with E-state index in [2.05, 4.69) is 15.2 Å². The lowest BCUT2D eigenvalue weighted by Crippen LogP contribution is -2.43. The average Bonchev–Trinajstić information content (AvgIpc) is 3.29. The number of hydrogen-bond donors (Lipinski definition) is 1. The van der Waals surface area contributed by atoms with Crippen molar-refractivity contribution in [3.63, 3.8) is 0 Å². The third-order valence-corrected chi connectivity index (χ3v) is 4.29. The Kier molecular flexibility index (Phi) is 4.06. The summed E-state index contributed by atoms with van der Waals surface area (Å²) in [5, 5.41) is 3.59. The predicted molar refractivity (Wildman–Crippen MR) is 75.2 cm³/mol. The van der Waals surface area contributed by atoms with E-state index in [0.29, 0.717) is 11.9 Å². The fourth-order valence-electron chi connectivity index (χ4n) is 2.71. The molecule has 1 saturated carbocycles. The molecule has 1 aromatic rings. The third-order valence-electron chi connectivity index (χ3n) is 4.29. The van der Waals surface area contributed by atoms with E-state index >= 15 is 0 Å². The van der Waals surface area contributed by atoms with Gasteiger partial charge < -0.3 is 10.2 Å². The molecule has 1 aliphatic carbocycles. The van der Waals surface area contributed by atoms with Crippen molar-refractivity contribution in [3.8, 4) is 0 Å². The second-order valence-corrected chi connectivity index (χ2v) is 6.02. The lowest BCUT2D eigenvalue weighted by Gasteiger charge is -2.33. The molecule has 2 heterocycles. The van der Waals surface area contributed by atoms with Gasteiger partial charge >= 0.3 is 6.18 Å². The number of piperidine rings is 1. The molecule has 1 aliphatic heterocycles. The molecule has 0 spiro atoms. The Balaban J connectivity index is 1.51. The minimum absolute atomic E-state index is 0.538. The first-order chi connectivity index (χ1) is 10.0. The summed E-state index contributed by atoms with van der Waals surface area (Å²) >= 11 is 0. The standard InChI is InChI=1S/C15H20F3N3/c16-15(17,18)12-3-4-14(20-10-12)21-7-5-13(6-8-21)19-9-11-1-2-11/h3-4,10-11,13,19H,1-2,5-9H2. The first-order valence-electron chi connectivity index (χ1n) is 7.54. The monoisotopic (exact) mass is 299 g/mol. The Hall–Kier alpha value is -1.30. The van der Waals surface area contributed by atoms with Crippen LogP contribution in [-0.4, -0.2) is 30.7 Å². The Labute approximate surface area is 122 Å². The quantitative estimate of drug-likeness (QED) is 0.926. The summed E-state index contributed by atoms with van der Waals surface area (Å²) in [6.45, 7) is 2.81. The summed E-state index contributed by atoms with van der Waals surface area (Å²) in [6.07, 6.45) is 1.35. The third kappa shape index (κ3) is 3.87. The van der Waals surface area contributed by atoms with Gasteiger partial charge in [-0.15, -0.1) is 0 Å². The minimum Gasteiger partial charge on any atom is -0.357 e. The Morgan fingerprint density at radius 3 is 2.38 bits per heavy atom. The van der Waals surface area contributed by atoms with Gasteiger partial charge in [0.15, 0.2) is 0 Å². The number of nitrogens with one attached hydrogen (secondary N) is 1. The number of halogens is 3. The molecule has 1 saturated heterocycles. The van der Waals surface area contributed by atoms with Crippen molar-refractivity contribution in [2.24, 2.45) is 5.92 Å². The zero-order valence-corrected chi connectivity index (χ0v) is 11.9. The van der Waals surface area contributed by atoms with Gasteiger partial charge in [-0.05, 0) is 50.3 Å². The summed E-state index contributed by atoms with van der Waals surface area (Å²) < 4.78 is 37.5. The molecule has 3 rings (SSSR count). The number of anilines is 1. The zero-order chi connectivity index (χ0) is 14.9. The number of rotatable bonds is 4. The summed E-state index contributed by atoms with van der Waals surface area (Å²) in [7, 11) is 0. The Morgan fingerprint density at radius 1 is 1.14 bits per heavy atom. The van der Waals surface area contributed by atoms with Crippen LogP contribution in [0.3, 0.4) is 0 Å². The Bertz CT molecular complexity index is 460. The van der Waals surface area contributed by atoms with Crippen molar-refractivity contribution in [1.82, 2.24) is 10.3 Å². The van der Waals surface area contributed by atoms with Crippen molar-refractivity contribution in [2.45, 2.75) is 37.9 Å². The molecule has 2 fully saturated rings. The van der Waals surface area contributed by atoms with E-state index < -0.39 is 11.7 Å². The van der Waals surface area contributed by atoms with Crippen molar-refractivity contribution in [2.75, 3.05) is 24.5 Å². The zero-order valence-electron chi connectivity index (χ0n) is 11.9. The summed E-state index contributed by atoms with van der Waals surface area (Å²) in [6, 6.07) is 3.12. The second kappa shape index (κ2) is 5.83. The molecule has 2 aliphatic rings. The van der Waals surface area contributed by atoms with Crippen LogP contribution in [0.25, 0.3) is 0 Å². The second-order valence-electron chi connectivity index (χ2n) is 6.02. The van der Waals surface area contributed by atoms with E-state index in [9.17, 15) is 13.2 Å². The van der Waals surface area contributed by atoms with E-state index in [1.165, 1.54) is 18.9 Å². The molecule has 6 heteroatoms. The molecule has 3 nitrogen and oxygen atoms in total. The molecule has 0 aromatic carbocycles. The summed E-state index contributed by atoms with van der Waals surface area (Å²) in [5.74, 6) is 1.52. The molecule has 116 valence electrons. The van der Waals surface area contributed by atoms with Gasteiger partial charge in [0.25, 0.3) is 0 Å². The molecule has 1 aromatic heterocycles. The number of hydrogen-bond acceptors (Lipinski definition) is 3. The highest BCUT2D eigenvalue weighted by atomic mass is 19.4. The maximum absolute atomic E-state index is 12.5. The molecule has 0 unspecified atom stereocenters. The van der Waals surface area contributed by atoms with Crippen molar-refractivity contribution in [3.05, 3.63) is 23.9 Å².